The highest BCUT2D eigenvalue weighted by atomic mass is 35.5. The molecular formula is C25H19Cl2FN4O4. The summed E-state index contributed by atoms with van der Waals surface area (Å²) >= 11 is 12.2. The Morgan fingerprint density at radius 2 is 1.72 bits per heavy atom. The van der Waals surface area contributed by atoms with Gasteiger partial charge in [-0.2, -0.15) is 0 Å². The van der Waals surface area contributed by atoms with E-state index in [9.17, 15) is 23.6 Å². The number of H-pyrrole nitrogens is 1. The van der Waals surface area contributed by atoms with Crippen molar-refractivity contribution in [2.45, 2.75) is 6.54 Å². The van der Waals surface area contributed by atoms with Crippen molar-refractivity contribution in [3.05, 3.63) is 90.0 Å². The summed E-state index contributed by atoms with van der Waals surface area (Å²) in [5.74, 6) is -2.15. The molecule has 5 rings (SSSR count). The van der Waals surface area contributed by atoms with Crippen molar-refractivity contribution >= 4 is 57.2 Å². The molecule has 0 saturated carbocycles. The van der Waals surface area contributed by atoms with Crippen LogP contribution in [0.2, 0.25) is 10.0 Å². The van der Waals surface area contributed by atoms with E-state index in [1.807, 2.05) is 0 Å². The van der Waals surface area contributed by atoms with Crippen LogP contribution in [0.15, 0.2) is 52.2 Å². The minimum atomic E-state index is -0.810. The Labute approximate surface area is 213 Å². The van der Waals surface area contributed by atoms with Gasteiger partial charge in [0.25, 0.3) is 22.5 Å². The number of halogens is 3. The minimum Gasteiger partial charge on any atom is -0.376 e. The lowest BCUT2D eigenvalue weighted by atomic mass is 10.1. The number of piperazine rings is 1. The number of carbonyl (C=O) groups excluding carboxylic acids is 2. The second-order valence-corrected chi connectivity index (χ2v) is 9.21. The van der Waals surface area contributed by atoms with Gasteiger partial charge >= 0.3 is 0 Å². The number of aromatic nitrogens is 1. The number of rotatable bonds is 6. The number of nitrogens with one attached hydrogen (secondary N) is 2. The summed E-state index contributed by atoms with van der Waals surface area (Å²) in [6.45, 7) is 1.02. The first kappa shape index (κ1) is 24.0. The molecule has 0 spiro atoms. The molecule has 0 atom stereocenters. The predicted octanol–water partition coefficient (Wildman–Crippen LogP) is 3.35. The van der Waals surface area contributed by atoms with Gasteiger partial charge < -0.3 is 20.1 Å². The van der Waals surface area contributed by atoms with Gasteiger partial charge in [-0.3, -0.25) is 19.2 Å². The maximum Gasteiger partial charge on any atom is 0.295 e. The zero-order chi connectivity index (χ0) is 25.6. The Balaban J connectivity index is 1.26. The van der Waals surface area contributed by atoms with Crippen LogP contribution in [0.25, 0.3) is 10.9 Å². The fourth-order valence-electron chi connectivity index (χ4n) is 4.43. The molecule has 36 heavy (non-hydrogen) atoms. The molecule has 1 fully saturated rings. The van der Waals surface area contributed by atoms with Crippen LogP contribution in [-0.2, 0) is 11.3 Å². The topological polar surface area (TPSA) is 103 Å². The molecule has 2 N–H and O–H groups in total. The quantitative estimate of drug-likeness (QED) is 0.294. The largest absolute Gasteiger partial charge is 0.376 e. The lowest BCUT2D eigenvalue weighted by molar-refractivity contribution is -0.126. The van der Waals surface area contributed by atoms with Crippen LogP contribution in [0.5, 0.6) is 0 Å². The van der Waals surface area contributed by atoms with Crippen molar-refractivity contribution < 1.29 is 14.0 Å². The van der Waals surface area contributed by atoms with E-state index in [1.165, 1.54) is 23.2 Å². The molecule has 1 saturated heterocycles. The first-order valence-electron chi connectivity index (χ1n) is 11.1. The smallest absolute Gasteiger partial charge is 0.295 e. The summed E-state index contributed by atoms with van der Waals surface area (Å²) < 4.78 is 14.3. The number of nitrogens with zero attached hydrogens (tertiary/aromatic N) is 2. The highest BCUT2D eigenvalue weighted by Gasteiger charge is 2.32. The third-order valence-electron chi connectivity index (χ3n) is 6.35. The third kappa shape index (κ3) is 4.04. The van der Waals surface area contributed by atoms with Gasteiger partial charge in [-0.25, -0.2) is 4.39 Å². The van der Waals surface area contributed by atoms with E-state index in [2.05, 4.69) is 10.3 Å². The normalized spacial score (nSPS) is 14.0. The number of aromatic amines is 1. The average Bonchev–Trinajstić information content (AvgIpc) is 3.33. The summed E-state index contributed by atoms with van der Waals surface area (Å²) in [4.78, 5) is 56.1. The molecule has 3 aromatic carbocycles. The Hall–Kier alpha value is -3.69. The summed E-state index contributed by atoms with van der Waals surface area (Å²) in [6.07, 6.45) is 1.33. The first-order valence-corrected chi connectivity index (χ1v) is 11.9. The molecule has 2 heterocycles. The number of ketones is 1. The van der Waals surface area contributed by atoms with Gasteiger partial charge in [0, 0.05) is 49.8 Å². The maximum absolute atomic E-state index is 14.3. The molecule has 1 aliphatic heterocycles. The molecule has 0 bridgehead atoms. The van der Waals surface area contributed by atoms with E-state index < -0.39 is 28.4 Å². The minimum absolute atomic E-state index is 0.0239. The van der Waals surface area contributed by atoms with Crippen molar-refractivity contribution in [3.63, 3.8) is 0 Å². The van der Waals surface area contributed by atoms with Crippen LogP contribution < -0.4 is 21.1 Å². The average molecular weight is 529 g/mol. The van der Waals surface area contributed by atoms with Gasteiger partial charge in [-0.1, -0.05) is 41.4 Å². The van der Waals surface area contributed by atoms with Gasteiger partial charge in [-0.05, 0) is 23.8 Å². The number of anilines is 2. The summed E-state index contributed by atoms with van der Waals surface area (Å²) in [5.41, 5.74) is 0.264. The summed E-state index contributed by atoms with van der Waals surface area (Å²) in [6, 6.07) is 9.50. The molecule has 0 unspecified atom stereocenters. The number of carbonyl (C=O) groups is 2. The van der Waals surface area contributed by atoms with Gasteiger partial charge in [0.05, 0.1) is 15.6 Å². The third-order valence-corrected chi connectivity index (χ3v) is 7.21. The monoisotopic (exact) mass is 528 g/mol. The standard InChI is InChI=1S/C25H19Cl2FN4O4/c26-15-4-1-3-13(19(15)27)11-30-20-21(24(35)23(20)34)31-7-9-32(10-8-31)25(36)22(33)14-12-29-17-6-2-5-16(28)18(14)17/h1-6,12,29-30H,7-11H2. The Kier molecular flexibility index (Phi) is 6.27. The van der Waals surface area contributed by atoms with E-state index in [1.54, 1.807) is 29.2 Å². The number of benzene rings is 2. The van der Waals surface area contributed by atoms with Crippen LogP contribution in [0.3, 0.4) is 0 Å². The van der Waals surface area contributed by atoms with Crippen molar-refractivity contribution in [2.24, 2.45) is 0 Å². The van der Waals surface area contributed by atoms with Crippen LogP contribution in [0.1, 0.15) is 15.9 Å². The van der Waals surface area contributed by atoms with Crippen molar-refractivity contribution in [1.82, 2.24) is 9.88 Å². The second kappa shape index (κ2) is 9.40. The fourth-order valence-corrected chi connectivity index (χ4v) is 4.81. The van der Waals surface area contributed by atoms with Crippen LogP contribution in [0.4, 0.5) is 15.8 Å². The Morgan fingerprint density at radius 1 is 1.00 bits per heavy atom. The number of fused-ring (bicyclic) bond motifs is 1. The van der Waals surface area contributed by atoms with Crippen molar-refractivity contribution in [2.75, 3.05) is 36.4 Å². The summed E-state index contributed by atoms with van der Waals surface area (Å²) in [5, 5.41) is 3.79. The highest BCUT2D eigenvalue weighted by molar-refractivity contribution is 6.45. The van der Waals surface area contributed by atoms with Crippen LogP contribution >= 0.6 is 23.2 Å². The van der Waals surface area contributed by atoms with E-state index >= 15 is 0 Å². The number of amides is 1. The van der Waals surface area contributed by atoms with Crippen LogP contribution in [0, 0.1) is 5.82 Å². The molecule has 1 aliphatic rings. The van der Waals surface area contributed by atoms with Gasteiger partial charge in [0.15, 0.2) is 0 Å². The number of hydrogen-bond donors (Lipinski definition) is 2. The fraction of sp³-hybridized carbons (Fsp3) is 0.200. The lowest BCUT2D eigenvalue weighted by Crippen LogP contribution is -2.54. The molecule has 0 radical (unpaired) electrons. The molecule has 11 heteroatoms. The van der Waals surface area contributed by atoms with E-state index in [-0.39, 0.29) is 55.0 Å². The lowest BCUT2D eigenvalue weighted by Gasteiger charge is -2.36. The summed E-state index contributed by atoms with van der Waals surface area (Å²) in [7, 11) is 0. The Morgan fingerprint density at radius 3 is 2.47 bits per heavy atom. The Bertz CT molecular complexity index is 1580. The molecule has 184 valence electrons. The SMILES string of the molecule is O=C(C(=O)N1CCN(c2c(NCc3cccc(Cl)c3Cl)c(=O)c2=O)CC1)c1c[nH]c2cccc(F)c12. The van der Waals surface area contributed by atoms with E-state index in [4.69, 9.17) is 23.2 Å². The van der Waals surface area contributed by atoms with Gasteiger partial charge in [0.2, 0.25) is 0 Å². The predicted molar refractivity (Wildman–Crippen MR) is 137 cm³/mol. The van der Waals surface area contributed by atoms with Crippen molar-refractivity contribution in [3.8, 4) is 0 Å². The van der Waals surface area contributed by atoms with Crippen molar-refractivity contribution in [1.29, 1.82) is 0 Å². The highest BCUT2D eigenvalue weighted by Crippen LogP contribution is 2.28. The first-order chi connectivity index (χ1) is 17.3. The number of hydrogen-bond acceptors (Lipinski definition) is 6. The molecule has 0 aliphatic carbocycles. The maximum atomic E-state index is 14.3. The number of Topliss-reactive ketones (excluding diaryl/α,β-unsaturated/α-hetero) is 1. The van der Waals surface area contributed by atoms with Crippen LogP contribution in [-0.4, -0.2) is 47.8 Å². The van der Waals surface area contributed by atoms with E-state index in [0.717, 1.165) is 0 Å². The molecule has 1 amide bonds. The van der Waals surface area contributed by atoms with E-state index in [0.29, 0.717) is 21.1 Å². The molecule has 8 nitrogen and oxygen atoms in total. The van der Waals surface area contributed by atoms with Gasteiger partial charge in [-0.15, -0.1) is 0 Å². The zero-order valence-electron chi connectivity index (χ0n) is 18.7. The molecule has 1 aromatic heterocycles. The molecular weight excluding hydrogens is 510 g/mol. The zero-order valence-corrected chi connectivity index (χ0v) is 20.3. The van der Waals surface area contributed by atoms with Gasteiger partial charge in [0.1, 0.15) is 17.2 Å². The second-order valence-electron chi connectivity index (χ2n) is 8.42. The molecule has 4 aromatic rings.